The quantitative estimate of drug-likeness (QED) is 0.621. The Morgan fingerprint density at radius 2 is 2.03 bits per heavy atom. The maximum atomic E-state index is 11.9. The molecule has 2 bridgehead atoms. The highest BCUT2D eigenvalue weighted by molar-refractivity contribution is 6.04. The molecule has 2 aliphatic rings. The van der Waals surface area contributed by atoms with E-state index in [2.05, 4.69) is 36.5 Å². The Hall–Kier alpha value is -3.67. The molecule has 2 aliphatic heterocycles. The molecule has 9 heteroatoms. The number of piperidine rings is 1. The number of carbonyl (C=O) groups excluding carboxylic acids is 1. The highest BCUT2D eigenvalue weighted by Gasteiger charge is 2.41. The Labute approximate surface area is 166 Å². The van der Waals surface area contributed by atoms with Gasteiger partial charge in [0.1, 0.15) is 11.9 Å². The molecule has 0 saturated carbocycles. The maximum absolute atomic E-state index is 11.9. The zero-order valence-electron chi connectivity index (χ0n) is 15.7. The van der Waals surface area contributed by atoms with E-state index in [0.717, 1.165) is 36.9 Å². The summed E-state index contributed by atoms with van der Waals surface area (Å²) in [6.45, 7) is 0. The molecule has 9 nitrogen and oxygen atoms in total. The van der Waals surface area contributed by atoms with Crippen molar-refractivity contribution < 1.29 is 4.79 Å². The first-order valence-corrected chi connectivity index (χ1v) is 9.68. The van der Waals surface area contributed by atoms with Crippen molar-refractivity contribution in [1.29, 1.82) is 5.26 Å². The predicted octanol–water partition coefficient (Wildman–Crippen LogP) is 1.94. The summed E-state index contributed by atoms with van der Waals surface area (Å²) in [4.78, 5) is 21.8. The van der Waals surface area contributed by atoms with Crippen molar-refractivity contribution >= 4 is 28.4 Å². The second-order valence-corrected chi connectivity index (χ2v) is 7.65. The highest BCUT2D eigenvalue weighted by Crippen LogP contribution is 2.40. The van der Waals surface area contributed by atoms with Gasteiger partial charge in [-0.3, -0.25) is 4.79 Å². The fraction of sp³-hybridized carbons (Fsp3) is 0.350. The smallest absolute Gasteiger partial charge is 0.271 e. The number of nitriles is 1. The van der Waals surface area contributed by atoms with Crippen LogP contribution in [0.4, 0.5) is 11.5 Å². The normalized spacial score (nSPS) is 23.1. The van der Waals surface area contributed by atoms with Crippen LogP contribution in [0.15, 0.2) is 30.6 Å². The van der Waals surface area contributed by atoms with Gasteiger partial charge in [-0.15, -0.1) is 10.2 Å². The van der Waals surface area contributed by atoms with Gasteiger partial charge in [0.05, 0.1) is 11.3 Å². The summed E-state index contributed by atoms with van der Waals surface area (Å²) in [7, 11) is 0. The SMILES string of the molecule is N#Cc1ccc(N2[C@@H]3CC[C@H]2C[C@H](Nc2c(C(N)=O)nnc4[nH]ccc24)C3)nc1. The molecule has 2 fully saturated rings. The van der Waals surface area contributed by atoms with Crippen LogP contribution in [0.25, 0.3) is 11.0 Å². The number of nitrogens with zero attached hydrogens (tertiary/aromatic N) is 5. The number of pyridine rings is 1. The summed E-state index contributed by atoms with van der Waals surface area (Å²) in [6.07, 6.45) is 7.44. The first-order valence-electron chi connectivity index (χ1n) is 9.68. The molecule has 3 aromatic heterocycles. The van der Waals surface area contributed by atoms with E-state index in [4.69, 9.17) is 11.0 Å². The molecular formula is C20H20N8O. The number of nitrogens with two attached hydrogens (primary N) is 1. The number of anilines is 2. The number of aromatic amines is 1. The van der Waals surface area contributed by atoms with Crippen LogP contribution in [0, 0.1) is 11.3 Å². The van der Waals surface area contributed by atoms with Crippen LogP contribution in [0.3, 0.4) is 0 Å². The lowest BCUT2D eigenvalue weighted by atomic mass is 9.96. The summed E-state index contributed by atoms with van der Waals surface area (Å²) in [6, 6.07) is 8.66. The summed E-state index contributed by atoms with van der Waals surface area (Å²) < 4.78 is 0. The van der Waals surface area contributed by atoms with Crippen LogP contribution in [-0.2, 0) is 0 Å². The lowest BCUT2D eigenvalue weighted by molar-refractivity contribution is 0.0995. The fourth-order valence-corrected chi connectivity index (χ4v) is 4.72. The Morgan fingerprint density at radius 3 is 2.69 bits per heavy atom. The maximum Gasteiger partial charge on any atom is 0.271 e. The first kappa shape index (κ1) is 17.4. The standard InChI is InChI=1S/C20H20N8O/c21-9-11-1-4-16(24-10-11)28-13-2-3-14(28)8-12(7-13)25-17-15-5-6-23-20(15)27-26-18(17)19(22)29/h1,4-6,10,12-14H,2-3,7-8H2,(H2,22,29)(H2,23,25,27)/t12-,13-,14+. The number of aromatic nitrogens is 4. The molecule has 2 saturated heterocycles. The Bertz CT molecular complexity index is 1100. The number of fused-ring (bicyclic) bond motifs is 3. The van der Waals surface area contributed by atoms with E-state index in [0.29, 0.717) is 29.0 Å². The largest absolute Gasteiger partial charge is 0.380 e. The van der Waals surface area contributed by atoms with Crippen LogP contribution in [0.5, 0.6) is 0 Å². The summed E-state index contributed by atoms with van der Waals surface area (Å²) >= 11 is 0. The molecule has 0 spiro atoms. The summed E-state index contributed by atoms with van der Waals surface area (Å²) in [5, 5.41) is 21.4. The van der Waals surface area contributed by atoms with E-state index in [-0.39, 0.29) is 11.7 Å². The zero-order chi connectivity index (χ0) is 20.0. The van der Waals surface area contributed by atoms with Gasteiger partial charge < -0.3 is 20.9 Å². The third kappa shape index (κ3) is 2.93. The Balaban J connectivity index is 1.40. The number of carbonyl (C=O) groups is 1. The average molecular weight is 388 g/mol. The molecule has 0 aliphatic carbocycles. The average Bonchev–Trinajstić information content (AvgIpc) is 3.31. The fourth-order valence-electron chi connectivity index (χ4n) is 4.72. The number of hydrogen-bond acceptors (Lipinski definition) is 7. The lowest BCUT2D eigenvalue weighted by Gasteiger charge is -2.40. The molecule has 4 N–H and O–H groups in total. The number of nitrogens with one attached hydrogen (secondary N) is 2. The topological polar surface area (TPSA) is 137 Å². The van der Waals surface area contributed by atoms with Crippen LogP contribution in [-0.4, -0.2) is 44.2 Å². The zero-order valence-corrected chi connectivity index (χ0v) is 15.7. The van der Waals surface area contributed by atoms with E-state index >= 15 is 0 Å². The van der Waals surface area contributed by atoms with E-state index in [1.165, 1.54) is 0 Å². The molecule has 3 aromatic rings. The van der Waals surface area contributed by atoms with Crippen molar-refractivity contribution in [1.82, 2.24) is 20.2 Å². The second kappa shape index (κ2) is 6.74. The molecule has 1 amide bonds. The number of rotatable bonds is 4. The van der Waals surface area contributed by atoms with E-state index in [1.807, 2.05) is 18.2 Å². The van der Waals surface area contributed by atoms with E-state index < -0.39 is 5.91 Å². The molecule has 0 aromatic carbocycles. The minimum Gasteiger partial charge on any atom is -0.380 e. The third-order valence-electron chi connectivity index (χ3n) is 5.94. The number of amides is 1. The number of H-pyrrole nitrogens is 1. The second-order valence-electron chi connectivity index (χ2n) is 7.65. The van der Waals surface area contributed by atoms with Gasteiger partial charge in [0.25, 0.3) is 5.91 Å². The van der Waals surface area contributed by atoms with Crippen molar-refractivity contribution in [3.8, 4) is 6.07 Å². The minimum absolute atomic E-state index is 0.167. The third-order valence-corrected chi connectivity index (χ3v) is 5.94. The number of primary amides is 1. The van der Waals surface area contributed by atoms with E-state index in [9.17, 15) is 4.79 Å². The molecule has 146 valence electrons. The Morgan fingerprint density at radius 1 is 1.24 bits per heavy atom. The molecule has 0 radical (unpaired) electrons. The van der Waals surface area contributed by atoms with Crippen LogP contribution >= 0.6 is 0 Å². The van der Waals surface area contributed by atoms with Gasteiger partial charge in [-0.05, 0) is 43.9 Å². The molecule has 29 heavy (non-hydrogen) atoms. The van der Waals surface area contributed by atoms with Gasteiger partial charge in [0.15, 0.2) is 11.3 Å². The van der Waals surface area contributed by atoms with Crippen LogP contribution < -0.4 is 16.0 Å². The van der Waals surface area contributed by atoms with Crippen molar-refractivity contribution in [2.75, 3.05) is 10.2 Å². The van der Waals surface area contributed by atoms with Gasteiger partial charge >= 0.3 is 0 Å². The molecule has 0 unspecified atom stereocenters. The van der Waals surface area contributed by atoms with Gasteiger partial charge in [-0.25, -0.2) is 4.98 Å². The summed E-state index contributed by atoms with van der Waals surface area (Å²) in [5.41, 5.74) is 7.55. The van der Waals surface area contributed by atoms with Crippen molar-refractivity contribution in [2.24, 2.45) is 5.73 Å². The highest BCUT2D eigenvalue weighted by atomic mass is 16.1. The van der Waals surface area contributed by atoms with Crippen molar-refractivity contribution in [2.45, 2.75) is 43.8 Å². The lowest BCUT2D eigenvalue weighted by Crippen LogP contribution is -2.47. The predicted molar refractivity (Wildman–Crippen MR) is 107 cm³/mol. The molecular weight excluding hydrogens is 368 g/mol. The monoisotopic (exact) mass is 388 g/mol. The van der Waals surface area contributed by atoms with Gasteiger partial charge in [-0.1, -0.05) is 0 Å². The van der Waals surface area contributed by atoms with Crippen molar-refractivity contribution in [3.63, 3.8) is 0 Å². The minimum atomic E-state index is -0.592. The van der Waals surface area contributed by atoms with Gasteiger partial charge in [0.2, 0.25) is 0 Å². The molecule has 3 atom stereocenters. The molecule has 5 rings (SSSR count). The first-order chi connectivity index (χ1) is 14.1. The number of hydrogen-bond donors (Lipinski definition) is 3. The summed E-state index contributed by atoms with van der Waals surface area (Å²) in [5.74, 6) is 0.330. The van der Waals surface area contributed by atoms with Gasteiger partial charge in [0, 0.05) is 35.9 Å². The Kier molecular flexibility index (Phi) is 4.05. The van der Waals surface area contributed by atoms with Crippen molar-refractivity contribution in [3.05, 3.63) is 41.9 Å². The van der Waals surface area contributed by atoms with Crippen LogP contribution in [0.1, 0.15) is 41.7 Å². The van der Waals surface area contributed by atoms with Gasteiger partial charge in [-0.2, -0.15) is 5.26 Å². The van der Waals surface area contributed by atoms with E-state index in [1.54, 1.807) is 12.4 Å². The van der Waals surface area contributed by atoms with Crippen LogP contribution in [0.2, 0.25) is 0 Å². The molecule has 5 heterocycles.